The van der Waals surface area contributed by atoms with Gasteiger partial charge in [-0.05, 0) is 54.3 Å². The van der Waals surface area contributed by atoms with Crippen LogP contribution in [-0.2, 0) is 4.79 Å². The number of methoxy groups -OCH3 is 1. The molecule has 1 aliphatic rings. The molecule has 3 rings (SSSR count). The topological polar surface area (TPSA) is 70.7 Å². The molecule has 2 aromatic rings. The number of hydrogen-bond acceptors (Lipinski definition) is 3. The van der Waals surface area contributed by atoms with E-state index in [1.54, 1.807) is 31.4 Å². The maximum absolute atomic E-state index is 12.7. The fraction of sp³-hybridized carbons (Fsp3) is 0.417. The molecule has 1 saturated heterocycles. The molecular formula is C24H30ClN3O3. The van der Waals surface area contributed by atoms with Gasteiger partial charge in [0.05, 0.1) is 13.2 Å². The van der Waals surface area contributed by atoms with Crippen LogP contribution in [0.5, 0.6) is 5.75 Å². The Bertz CT molecular complexity index is 884. The minimum absolute atomic E-state index is 0.102. The van der Waals surface area contributed by atoms with Crippen molar-refractivity contribution in [2.24, 2.45) is 5.92 Å². The van der Waals surface area contributed by atoms with Gasteiger partial charge in [-0.1, -0.05) is 37.6 Å². The molecule has 0 bridgehead atoms. The fourth-order valence-corrected chi connectivity index (χ4v) is 4.05. The minimum Gasteiger partial charge on any atom is -0.497 e. The third kappa shape index (κ3) is 6.37. The summed E-state index contributed by atoms with van der Waals surface area (Å²) in [5.74, 6) is 1.32. The Balaban J connectivity index is 1.74. The zero-order valence-corrected chi connectivity index (χ0v) is 19.0. The largest absolute Gasteiger partial charge is 0.497 e. The van der Waals surface area contributed by atoms with E-state index in [2.05, 4.69) is 10.6 Å². The molecule has 0 saturated carbocycles. The van der Waals surface area contributed by atoms with Gasteiger partial charge in [-0.3, -0.25) is 4.79 Å². The van der Waals surface area contributed by atoms with Crippen molar-refractivity contribution >= 4 is 29.2 Å². The van der Waals surface area contributed by atoms with E-state index >= 15 is 0 Å². The normalized spacial score (nSPS) is 18.5. The van der Waals surface area contributed by atoms with Gasteiger partial charge in [0.25, 0.3) is 0 Å². The molecule has 0 aliphatic carbocycles. The maximum Gasteiger partial charge on any atom is 0.319 e. The number of anilines is 1. The van der Waals surface area contributed by atoms with Crippen molar-refractivity contribution in [1.82, 2.24) is 10.2 Å². The van der Waals surface area contributed by atoms with Gasteiger partial charge in [-0.2, -0.15) is 0 Å². The smallest absolute Gasteiger partial charge is 0.319 e. The van der Waals surface area contributed by atoms with Crippen LogP contribution in [0.3, 0.4) is 0 Å². The first-order chi connectivity index (χ1) is 14.9. The Kier molecular flexibility index (Phi) is 7.80. The van der Waals surface area contributed by atoms with Gasteiger partial charge in [0.2, 0.25) is 5.91 Å². The number of carbonyl (C=O) groups excluding carboxylic acids is 2. The van der Waals surface area contributed by atoms with E-state index < -0.39 is 0 Å². The van der Waals surface area contributed by atoms with Crippen molar-refractivity contribution in [3.63, 3.8) is 0 Å². The highest BCUT2D eigenvalue weighted by Crippen LogP contribution is 2.30. The van der Waals surface area contributed by atoms with Crippen LogP contribution in [0.25, 0.3) is 0 Å². The van der Waals surface area contributed by atoms with Crippen molar-refractivity contribution < 1.29 is 14.3 Å². The van der Waals surface area contributed by atoms with E-state index in [0.717, 1.165) is 17.7 Å². The van der Waals surface area contributed by atoms with Crippen LogP contribution >= 0.6 is 11.6 Å². The Labute approximate surface area is 188 Å². The highest BCUT2D eigenvalue weighted by Gasteiger charge is 2.33. The van der Waals surface area contributed by atoms with E-state index in [0.29, 0.717) is 36.1 Å². The van der Waals surface area contributed by atoms with Gasteiger partial charge in [-0.15, -0.1) is 0 Å². The number of halogens is 1. The summed E-state index contributed by atoms with van der Waals surface area (Å²) in [6, 6.07) is 14.4. The number of piperidine rings is 1. The average Bonchev–Trinajstić information content (AvgIpc) is 2.75. The second-order valence-electron chi connectivity index (χ2n) is 8.32. The van der Waals surface area contributed by atoms with Crippen LogP contribution in [0.15, 0.2) is 48.5 Å². The van der Waals surface area contributed by atoms with Crippen LogP contribution in [0, 0.1) is 5.92 Å². The molecule has 0 unspecified atom stereocenters. The SMILES string of the molecule is COc1ccc([C@@H]2CCN(C(=O)CC(C)C)C[C@H]2NC(=O)Nc2ccc(Cl)cc2)cc1. The number of amides is 3. The lowest BCUT2D eigenvalue weighted by Gasteiger charge is -2.39. The molecule has 1 fully saturated rings. The van der Waals surface area contributed by atoms with Gasteiger partial charge in [-0.25, -0.2) is 4.79 Å². The molecule has 7 heteroatoms. The van der Waals surface area contributed by atoms with E-state index in [-0.39, 0.29) is 23.9 Å². The lowest BCUT2D eigenvalue weighted by molar-refractivity contribution is -0.133. The number of carbonyl (C=O) groups is 2. The molecule has 1 aliphatic heterocycles. The number of nitrogens with zero attached hydrogens (tertiary/aromatic N) is 1. The van der Waals surface area contributed by atoms with Gasteiger partial charge in [0, 0.05) is 36.1 Å². The third-order valence-electron chi connectivity index (χ3n) is 5.51. The van der Waals surface area contributed by atoms with Crippen LogP contribution in [0.4, 0.5) is 10.5 Å². The summed E-state index contributed by atoms with van der Waals surface area (Å²) < 4.78 is 5.27. The van der Waals surface area contributed by atoms with Crippen LogP contribution in [0.2, 0.25) is 5.02 Å². The van der Waals surface area contributed by atoms with Crippen LogP contribution in [-0.4, -0.2) is 43.1 Å². The molecule has 2 N–H and O–H groups in total. The lowest BCUT2D eigenvalue weighted by Crippen LogP contribution is -2.54. The highest BCUT2D eigenvalue weighted by atomic mass is 35.5. The van der Waals surface area contributed by atoms with Crippen LogP contribution < -0.4 is 15.4 Å². The standard InChI is InChI=1S/C24H30ClN3O3/c1-16(2)14-23(29)28-13-12-21(17-4-10-20(31-3)11-5-17)22(15-28)27-24(30)26-19-8-6-18(25)7-9-19/h4-11,16,21-22H,12-15H2,1-3H3,(H2,26,27,30)/t21-,22+/m0/s1. The molecule has 1 heterocycles. The lowest BCUT2D eigenvalue weighted by atomic mass is 9.85. The summed E-state index contributed by atoms with van der Waals surface area (Å²) in [6.45, 7) is 5.24. The van der Waals surface area contributed by atoms with Gasteiger partial charge in [0.15, 0.2) is 0 Å². The number of rotatable bonds is 6. The van der Waals surface area contributed by atoms with Crippen molar-refractivity contribution in [1.29, 1.82) is 0 Å². The zero-order chi connectivity index (χ0) is 22.4. The highest BCUT2D eigenvalue weighted by molar-refractivity contribution is 6.30. The number of urea groups is 1. The van der Waals surface area contributed by atoms with E-state index in [9.17, 15) is 9.59 Å². The number of likely N-dealkylation sites (tertiary alicyclic amines) is 1. The fourth-order valence-electron chi connectivity index (χ4n) is 3.92. The number of ether oxygens (including phenoxy) is 1. The van der Waals surface area contributed by atoms with Gasteiger partial charge >= 0.3 is 6.03 Å². The first-order valence-electron chi connectivity index (χ1n) is 10.6. The van der Waals surface area contributed by atoms with Crippen molar-refractivity contribution in [3.8, 4) is 5.75 Å². The summed E-state index contributed by atoms with van der Waals surface area (Å²) >= 11 is 5.92. The van der Waals surface area contributed by atoms with Crippen LogP contribution in [0.1, 0.15) is 38.2 Å². The Morgan fingerprint density at radius 3 is 2.42 bits per heavy atom. The quantitative estimate of drug-likeness (QED) is 0.667. The number of benzene rings is 2. The van der Waals surface area contributed by atoms with Crippen molar-refractivity contribution in [3.05, 3.63) is 59.1 Å². The Hall–Kier alpha value is -2.73. The first-order valence-corrected chi connectivity index (χ1v) is 11.0. The van der Waals surface area contributed by atoms with Crippen molar-refractivity contribution in [2.45, 2.75) is 38.6 Å². The van der Waals surface area contributed by atoms with E-state index in [1.165, 1.54) is 0 Å². The van der Waals surface area contributed by atoms with Crippen molar-refractivity contribution in [2.75, 3.05) is 25.5 Å². The number of hydrogen-bond donors (Lipinski definition) is 2. The van der Waals surface area contributed by atoms with E-state index in [4.69, 9.17) is 16.3 Å². The summed E-state index contributed by atoms with van der Waals surface area (Å²) in [5.41, 5.74) is 1.78. The molecule has 31 heavy (non-hydrogen) atoms. The molecule has 6 nitrogen and oxygen atoms in total. The average molecular weight is 444 g/mol. The molecule has 166 valence electrons. The Morgan fingerprint density at radius 1 is 1.13 bits per heavy atom. The minimum atomic E-state index is -0.302. The number of nitrogens with one attached hydrogen (secondary N) is 2. The molecule has 2 atom stereocenters. The van der Waals surface area contributed by atoms with Gasteiger partial charge in [0.1, 0.15) is 5.75 Å². The van der Waals surface area contributed by atoms with E-state index in [1.807, 2.05) is 43.0 Å². The summed E-state index contributed by atoms with van der Waals surface area (Å²) in [6.07, 6.45) is 1.29. The summed E-state index contributed by atoms with van der Waals surface area (Å²) in [4.78, 5) is 27.2. The summed E-state index contributed by atoms with van der Waals surface area (Å²) in [5, 5.41) is 6.55. The third-order valence-corrected chi connectivity index (χ3v) is 5.76. The zero-order valence-electron chi connectivity index (χ0n) is 18.2. The van der Waals surface area contributed by atoms with Gasteiger partial charge < -0.3 is 20.3 Å². The molecular weight excluding hydrogens is 414 g/mol. The monoisotopic (exact) mass is 443 g/mol. The maximum atomic E-state index is 12.7. The first kappa shape index (κ1) is 22.9. The Morgan fingerprint density at radius 2 is 1.81 bits per heavy atom. The second-order valence-corrected chi connectivity index (χ2v) is 8.75. The molecule has 2 aromatic carbocycles. The molecule has 0 spiro atoms. The predicted molar refractivity (Wildman–Crippen MR) is 124 cm³/mol. The molecule has 0 aromatic heterocycles. The second kappa shape index (κ2) is 10.5. The molecule has 0 radical (unpaired) electrons. The predicted octanol–water partition coefficient (Wildman–Crippen LogP) is 4.90. The molecule has 3 amide bonds. The summed E-state index contributed by atoms with van der Waals surface area (Å²) in [7, 11) is 1.64.